The summed E-state index contributed by atoms with van der Waals surface area (Å²) in [5.74, 6) is 0.794. The van der Waals surface area contributed by atoms with Crippen molar-refractivity contribution in [1.29, 1.82) is 0 Å². The van der Waals surface area contributed by atoms with Gasteiger partial charge < -0.3 is 15.2 Å². The highest BCUT2D eigenvalue weighted by Crippen LogP contribution is 2.21. The Morgan fingerprint density at radius 3 is 2.54 bits per heavy atom. The monoisotopic (exact) mass is 542 g/mol. The predicted octanol–water partition coefficient (Wildman–Crippen LogP) is 5.94. The van der Waals surface area contributed by atoms with Gasteiger partial charge in [0.25, 0.3) is 0 Å². The van der Waals surface area contributed by atoms with Crippen molar-refractivity contribution >= 4 is 29.0 Å². The summed E-state index contributed by atoms with van der Waals surface area (Å²) in [5.41, 5.74) is 5.23. The summed E-state index contributed by atoms with van der Waals surface area (Å²) in [5, 5.41) is 2.99. The van der Waals surface area contributed by atoms with Gasteiger partial charge in [-0.2, -0.15) is 13.2 Å². The number of hydrogen-bond acceptors (Lipinski definition) is 4. The van der Waals surface area contributed by atoms with E-state index in [4.69, 9.17) is 4.98 Å². The Balaban J connectivity index is 0.000000590. The fraction of sp³-hybridized carbons (Fsp3) is 0.414. The molecule has 0 bridgehead atoms. The lowest BCUT2D eigenvalue weighted by Gasteiger charge is -2.34. The molecule has 4 rings (SSSR count). The summed E-state index contributed by atoms with van der Waals surface area (Å²) in [6, 6.07) is 6.39. The number of amides is 2. The number of rotatable bonds is 5. The molecule has 0 spiro atoms. The first-order valence-electron chi connectivity index (χ1n) is 12.8. The number of nitrogens with one attached hydrogen (secondary N) is 2. The van der Waals surface area contributed by atoms with Gasteiger partial charge in [0.2, 0.25) is 0 Å². The van der Waals surface area contributed by atoms with Gasteiger partial charge in [-0.3, -0.25) is 9.89 Å². The summed E-state index contributed by atoms with van der Waals surface area (Å²) < 4.78 is 32.4. The van der Waals surface area contributed by atoms with Gasteiger partial charge in [-0.25, -0.2) is 9.78 Å². The van der Waals surface area contributed by atoms with Crippen molar-refractivity contribution in [3.63, 3.8) is 0 Å². The summed E-state index contributed by atoms with van der Waals surface area (Å²) in [6.07, 6.45) is 14.1. The van der Waals surface area contributed by atoms with Crippen LogP contribution in [0.25, 0.3) is 16.7 Å². The van der Waals surface area contributed by atoms with E-state index in [0.29, 0.717) is 6.54 Å². The van der Waals surface area contributed by atoms with E-state index in [1.165, 1.54) is 11.1 Å². The van der Waals surface area contributed by atoms with Crippen LogP contribution in [0.3, 0.4) is 0 Å². The average molecular weight is 543 g/mol. The first kappa shape index (κ1) is 31.4. The van der Waals surface area contributed by atoms with Gasteiger partial charge in [-0.05, 0) is 37.6 Å². The van der Waals surface area contributed by atoms with E-state index in [9.17, 15) is 18.0 Å². The van der Waals surface area contributed by atoms with Crippen LogP contribution in [0.5, 0.6) is 0 Å². The van der Waals surface area contributed by atoms with E-state index < -0.39 is 12.6 Å². The molecule has 2 aliphatic rings. The first-order valence-corrected chi connectivity index (χ1v) is 12.8. The molecule has 1 aromatic carbocycles. The van der Waals surface area contributed by atoms with E-state index in [1.54, 1.807) is 0 Å². The van der Waals surface area contributed by atoms with Crippen molar-refractivity contribution in [2.75, 3.05) is 32.7 Å². The van der Waals surface area contributed by atoms with Gasteiger partial charge in [0.15, 0.2) is 5.82 Å². The van der Waals surface area contributed by atoms with Gasteiger partial charge >= 0.3 is 12.2 Å². The number of carbonyl (C=O) groups is 1. The average Bonchev–Trinajstić information content (AvgIpc) is 3.17. The molecule has 2 N–H and O–H groups in total. The van der Waals surface area contributed by atoms with Crippen molar-refractivity contribution in [3.8, 4) is 12.8 Å². The Hall–Kier alpha value is -3.84. The number of terminal acetylenes is 1. The molecular weight excluding hydrogens is 505 g/mol. The third-order valence-corrected chi connectivity index (χ3v) is 6.13. The maximum atomic E-state index is 12.3. The van der Waals surface area contributed by atoms with Crippen LogP contribution in [0.2, 0.25) is 0 Å². The van der Waals surface area contributed by atoms with Crippen LogP contribution in [0.4, 0.5) is 18.0 Å². The maximum Gasteiger partial charge on any atom is 0.388 e. The molecule has 0 saturated carbocycles. The number of aromatic amines is 1. The number of urea groups is 1. The smallest absolute Gasteiger partial charge is 0.337 e. The molecule has 2 aromatic rings. The Bertz CT molecular complexity index is 1210. The number of nitrogens with zero attached hydrogens (tertiary/aromatic N) is 4. The number of imidazole rings is 1. The zero-order chi connectivity index (χ0) is 28.8. The van der Waals surface area contributed by atoms with Crippen LogP contribution in [-0.4, -0.2) is 70.9 Å². The quantitative estimate of drug-likeness (QED) is 0.363. The number of piperazine rings is 1. The minimum absolute atomic E-state index is 0.0255. The van der Waals surface area contributed by atoms with E-state index in [2.05, 4.69) is 57.3 Å². The molecule has 1 fully saturated rings. The van der Waals surface area contributed by atoms with Crippen LogP contribution in [0, 0.1) is 12.8 Å². The molecule has 0 radical (unpaired) electrons. The number of aromatic nitrogens is 2. The molecular formula is C29H37F3N6O. The topological polar surface area (TPSA) is 76.6 Å². The zero-order valence-corrected chi connectivity index (χ0v) is 22.8. The Kier molecular flexibility index (Phi) is 12.5. The SMILES string of the molecule is C#C.C/C=C(\C)CNC(=O)N1CCN(Cc2ccc3nc(C4=CC=CCC=N4)[nH]c3c2)CC1.CCC(F)(F)F. The van der Waals surface area contributed by atoms with Crippen LogP contribution in [0.15, 0.2) is 53.1 Å². The predicted molar refractivity (Wildman–Crippen MR) is 152 cm³/mol. The lowest BCUT2D eigenvalue weighted by atomic mass is 10.1. The fourth-order valence-corrected chi connectivity index (χ4v) is 3.71. The second-order valence-corrected chi connectivity index (χ2v) is 8.99. The largest absolute Gasteiger partial charge is 0.388 e. The van der Waals surface area contributed by atoms with E-state index in [0.717, 1.165) is 68.6 Å². The minimum Gasteiger partial charge on any atom is -0.337 e. The molecule has 7 nitrogen and oxygen atoms in total. The van der Waals surface area contributed by atoms with Crippen LogP contribution in [-0.2, 0) is 6.54 Å². The Labute approximate surface area is 228 Å². The number of allylic oxidation sites excluding steroid dienone is 4. The maximum absolute atomic E-state index is 12.3. The number of halogens is 3. The zero-order valence-electron chi connectivity index (χ0n) is 22.8. The van der Waals surface area contributed by atoms with Crippen molar-refractivity contribution in [2.24, 2.45) is 4.99 Å². The van der Waals surface area contributed by atoms with Crippen molar-refractivity contribution in [2.45, 2.75) is 46.3 Å². The molecule has 0 atom stereocenters. The fourth-order valence-electron chi connectivity index (χ4n) is 3.71. The number of carbonyl (C=O) groups excluding carboxylic acids is 1. The van der Waals surface area contributed by atoms with Gasteiger partial charge in [0.1, 0.15) is 5.70 Å². The van der Waals surface area contributed by atoms with Crippen molar-refractivity contribution in [1.82, 2.24) is 25.1 Å². The molecule has 2 aliphatic heterocycles. The molecule has 39 heavy (non-hydrogen) atoms. The molecule has 10 heteroatoms. The normalized spacial score (nSPS) is 15.9. The first-order chi connectivity index (χ1) is 18.7. The lowest BCUT2D eigenvalue weighted by molar-refractivity contribution is -0.130. The van der Waals surface area contributed by atoms with Gasteiger partial charge in [-0.15, -0.1) is 12.8 Å². The third-order valence-electron chi connectivity index (χ3n) is 6.13. The number of aliphatic imine (C=N–C) groups is 1. The second-order valence-electron chi connectivity index (χ2n) is 8.99. The summed E-state index contributed by atoms with van der Waals surface area (Å²) in [7, 11) is 0. The number of H-pyrrole nitrogens is 1. The van der Waals surface area contributed by atoms with Crippen LogP contribution < -0.4 is 5.32 Å². The molecule has 1 saturated heterocycles. The number of alkyl halides is 3. The second kappa shape index (κ2) is 15.5. The number of fused-ring (bicyclic) bond motifs is 1. The highest BCUT2D eigenvalue weighted by molar-refractivity contribution is 5.81. The Morgan fingerprint density at radius 2 is 1.90 bits per heavy atom. The Morgan fingerprint density at radius 1 is 1.21 bits per heavy atom. The lowest BCUT2D eigenvalue weighted by Crippen LogP contribution is -2.51. The van der Waals surface area contributed by atoms with E-state index in [-0.39, 0.29) is 6.03 Å². The molecule has 210 valence electrons. The van der Waals surface area contributed by atoms with Crippen molar-refractivity contribution in [3.05, 3.63) is 59.5 Å². The summed E-state index contributed by atoms with van der Waals surface area (Å²) >= 11 is 0. The highest BCUT2D eigenvalue weighted by atomic mass is 19.4. The van der Waals surface area contributed by atoms with E-state index >= 15 is 0 Å². The highest BCUT2D eigenvalue weighted by Gasteiger charge is 2.23. The molecule has 0 aliphatic carbocycles. The molecule has 1 aromatic heterocycles. The van der Waals surface area contributed by atoms with Gasteiger partial charge in [-0.1, -0.05) is 36.8 Å². The summed E-state index contributed by atoms with van der Waals surface area (Å²) in [4.78, 5) is 29.2. The van der Waals surface area contributed by atoms with Crippen LogP contribution in [0.1, 0.15) is 45.0 Å². The molecule has 0 unspecified atom stereocenters. The van der Waals surface area contributed by atoms with Crippen molar-refractivity contribution < 1.29 is 18.0 Å². The van der Waals surface area contributed by atoms with Crippen LogP contribution >= 0.6 is 0 Å². The molecule has 2 amide bonds. The van der Waals surface area contributed by atoms with Gasteiger partial charge in [0.05, 0.1) is 11.0 Å². The number of hydrogen-bond donors (Lipinski definition) is 2. The van der Waals surface area contributed by atoms with Gasteiger partial charge in [0, 0.05) is 58.3 Å². The summed E-state index contributed by atoms with van der Waals surface area (Å²) in [6.45, 7) is 9.80. The standard InChI is InChI=1S/C24H30N6O.C3H5F3.C2H2/c1-3-18(2)16-26-24(31)30-13-11-29(12-14-30)17-19-8-9-20-22(15-19)28-23(27-20)21-7-5-4-6-10-25-21;1-2-3(4,5)6;1-2/h3-5,7-10,15H,6,11-14,16-17H2,1-2H3,(H,26,31)(H,27,28);2H2,1H3;1-2H/b18-3+;;. The molecule has 3 heterocycles. The third kappa shape index (κ3) is 10.4. The number of benzene rings is 1. The van der Waals surface area contributed by atoms with E-state index in [1.807, 2.05) is 43.2 Å². The minimum atomic E-state index is -3.96.